The molecule has 2 aromatic rings. The van der Waals surface area contributed by atoms with E-state index in [4.69, 9.17) is 4.74 Å². The zero-order valence-corrected chi connectivity index (χ0v) is 17.4. The molecular formula is C22H24N2O4S. The summed E-state index contributed by atoms with van der Waals surface area (Å²) in [6.45, 7) is 3.32. The molecule has 7 heteroatoms. The van der Waals surface area contributed by atoms with Crippen molar-refractivity contribution < 1.29 is 19.1 Å². The van der Waals surface area contributed by atoms with E-state index in [1.807, 2.05) is 32.0 Å². The Balaban J connectivity index is 1.39. The highest BCUT2D eigenvalue weighted by molar-refractivity contribution is 8.00. The number of esters is 1. The van der Waals surface area contributed by atoms with Gasteiger partial charge in [-0.25, -0.2) is 4.79 Å². The van der Waals surface area contributed by atoms with Gasteiger partial charge in [0.15, 0.2) is 6.61 Å². The third kappa shape index (κ3) is 5.84. The van der Waals surface area contributed by atoms with Gasteiger partial charge in [-0.1, -0.05) is 18.2 Å². The summed E-state index contributed by atoms with van der Waals surface area (Å²) in [7, 11) is 0. The second kappa shape index (κ2) is 9.60. The minimum absolute atomic E-state index is 0.112. The maximum atomic E-state index is 11.9. The maximum absolute atomic E-state index is 11.9. The molecule has 0 heterocycles. The van der Waals surface area contributed by atoms with Crippen LogP contribution in [-0.2, 0) is 27.2 Å². The number of aryl methyl sites for hydroxylation is 3. The van der Waals surface area contributed by atoms with Crippen LogP contribution in [0, 0.1) is 13.8 Å². The van der Waals surface area contributed by atoms with Crippen LogP contribution >= 0.6 is 11.8 Å². The number of hydrogen-bond acceptors (Lipinski definition) is 5. The molecule has 1 aliphatic carbocycles. The van der Waals surface area contributed by atoms with Crippen LogP contribution in [0.4, 0.5) is 10.5 Å². The van der Waals surface area contributed by atoms with Crippen molar-refractivity contribution in [1.82, 2.24) is 5.32 Å². The SMILES string of the molecule is Cc1cccc(NC(=O)NC(=O)COC(=O)CSc2ccc3c(c2)CCC3)c1C. The fourth-order valence-electron chi connectivity index (χ4n) is 3.17. The highest BCUT2D eigenvalue weighted by atomic mass is 32.2. The highest BCUT2D eigenvalue weighted by Crippen LogP contribution is 2.27. The average Bonchev–Trinajstić information content (AvgIpc) is 3.16. The number of amides is 3. The fraction of sp³-hybridized carbons (Fsp3) is 0.318. The number of carbonyl (C=O) groups is 3. The lowest BCUT2D eigenvalue weighted by atomic mass is 10.1. The minimum atomic E-state index is -0.677. The predicted molar refractivity (Wildman–Crippen MR) is 113 cm³/mol. The number of ether oxygens (including phenoxy) is 1. The Kier molecular flexibility index (Phi) is 6.93. The molecule has 3 amide bonds. The second-order valence-corrected chi connectivity index (χ2v) is 8.03. The number of rotatable bonds is 6. The molecule has 152 valence electrons. The standard InChI is InChI=1S/C22H24N2O4S/c1-14-5-3-8-19(15(14)2)23-22(27)24-20(25)12-28-21(26)13-29-18-10-9-16-6-4-7-17(16)11-18/h3,5,8-11H,4,6-7,12-13H2,1-2H3,(H2,23,24,25,27). The van der Waals surface area contributed by atoms with Crippen LogP contribution in [0.25, 0.3) is 0 Å². The summed E-state index contributed by atoms with van der Waals surface area (Å²) in [5, 5.41) is 4.78. The van der Waals surface area contributed by atoms with Crippen LogP contribution in [-0.4, -0.2) is 30.3 Å². The van der Waals surface area contributed by atoms with Crippen molar-refractivity contribution in [2.24, 2.45) is 0 Å². The maximum Gasteiger partial charge on any atom is 0.325 e. The van der Waals surface area contributed by atoms with Gasteiger partial charge < -0.3 is 10.1 Å². The van der Waals surface area contributed by atoms with E-state index in [-0.39, 0.29) is 5.75 Å². The Bertz CT molecular complexity index is 942. The van der Waals surface area contributed by atoms with E-state index < -0.39 is 24.5 Å². The summed E-state index contributed by atoms with van der Waals surface area (Å²) in [4.78, 5) is 36.7. The van der Waals surface area contributed by atoms with Crippen molar-refractivity contribution in [1.29, 1.82) is 0 Å². The van der Waals surface area contributed by atoms with Gasteiger partial charge in [-0.05, 0) is 73.6 Å². The van der Waals surface area contributed by atoms with Gasteiger partial charge in [0.1, 0.15) is 0 Å². The molecule has 2 N–H and O–H groups in total. The van der Waals surface area contributed by atoms with Gasteiger partial charge in [0.25, 0.3) is 5.91 Å². The normalized spacial score (nSPS) is 12.2. The zero-order valence-electron chi connectivity index (χ0n) is 16.5. The van der Waals surface area contributed by atoms with Crippen molar-refractivity contribution in [3.8, 4) is 0 Å². The Labute approximate surface area is 174 Å². The first kappa shape index (κ1) is 20.9. The molecule has 0 unspecified atom stereocenters. The summed E-state index contributed by atoms with van der Waals surface area (Å²) in [5.74, 6) is -1.06. The summed E-state index contributed by atoms with van der Waals surface area (Å²) in [6, 6.07) is 11.1. The van der Waals surface area contributed by atoms with E-state index in [1.54, 1.807) is 6.07 Å². The van der Waals surface area contributed by atoms with Crippen molar-refractivity contribution in [3.05, 3.63) is 58.7 Å². The lowest BCUT2D eigenvalue weighted by Gasteiger charge is -2.11. The molecule has 0 aliphatic heterocycles. The fourth-order valence-corrected chi connectivity index (χ4v) is 3.93. The molecule has 3 rings (SSSR count). The number of carbonyl (C=O) groups excluding carboxylic acids is 3. The molecule has 0 spiro atoms. The molecule has 29 heavy (non-hydrogen) atoms. The van der Waals surface area contributed by atoms with Crippen LogP contribution in [0.5, 0.6) is 0 Å². The number of nitrogens with one attached hydrogen (secondary N) is 2. The summed E-state index contributed by atoms with van der Waals surface area (Å²) in [5.41, 5.74) is 5.30. The summed E-state index contributed by atoms with van der Waals surface area (Å²) < 4.78 is 4.96. The van der Waals surface area contributed by atoms with Gasteiger partial charge in [0.2, 0.25) is 0 Å². The monoisotopic (exact) mass is 412 g/mol. The average molecular weight is 413 g/mol. The zero-order chi connectivity index (χ0) is 20.8. The molecule has 1 aliphatic rings. The molecule has 6 nitrogen and oxygen atoms in total. The second-order valence-electron chi connectivity index (χ2n) is 6.98. The molecule has 0 aromatic heterocycles. The van der Waals surface area contributed by atoms with Gasteiger partial charge in [-0.2, -0.15) is 0 Å². The first-order chi connectivity index (χ1) is 13.9. The molecule has 0 radical (unpaired) electrons. The Hall–Kier alpha value is -2.80. The van der Waals surface area contributed by atoms with Gasteiger partial charge >= 0.3 is 12.0 Å². The van der Waals surface area contributed by atoms with Crippen molar-refractivity contribution >= 4 is 35.4 Å². The van der Waals surface area contributed by atoms with Crippen molar-refractivity contribution in [3.63, 3.8) is 0 Å². The third-order valence-corrected chi connectivity index (χ3v) is 5.86. The van der Waals surface area contributed by atoms with Gasteiger partial charge in [0.05, 0.1) is 5.75 Å². The molecule has 0 saturated carbocycles. The number of benzene rings is 2. The summed E-state index contributed by atoms with van der Waals surface area (Å²) >= 11 is 1.38. The van der Waals surface area contributed by atoms with E-state index in [0.717, 1.165) is 28.9 Å². The van der Waals surface area contributed by atoms with Crippen LogP contribution in [0.3, 0.4) is 0 Å². The minimum Gasteiger partial charge on any atom is -0.455 e. The highest BCUT2D eigenvalue weighted by Gasteiger charge is 2.14. The van der Waals surface area contributed by atoms with Gasteiger partial charge in [-0.3, -0.25) is 14.9 Å². The third-order valence-electron chi connectivity index (χ3n) is 4.90. The number of anilines is 1. The van der Waals surface area contributed by atoms with Crippen LogP contribution in [0.2, 0.25) is 0 Å². The Morgan fingerprint density at radius 3 is 2.69 bits per heavy atom. The van der Waals surface area contributed by atoms with E-state index in [0.29, 0.717) is 5.69 Å². The quantitative estimate of drug-likeness (QED) is 0.557. The topological polar surface area (TPSA) is 84.5 Å². The van der Waals surface area contributed by atoms with Crippen LogP contribution in [0.1, 0.15) is 28.7 Å². The van der Waals surface area contributed by atoms with E-state index in [2.05, 4.69) is 22.8 Å². The lowest BCUT2D eigenvalue weighted by Crippen LogP contribution is -2.37. The van der Waals surface area contributed by atoms with Crippen molar-refractivity contribution in [2.45, 2.75) is 38.0 Å². The molecule has 0 atom stereocenters. The van der Waals surface area contributed by atoms with E-state index >= 15 is 0 Å². The number of hydrogen-bond donors (Lipinski definition) is 2. The van der Waals surface area contributed by atoms with Crippen LogP contribution in [0.15, 0.2) is 41.3 Å². The molecule has 2 aromatic carbocycles. The van der Waals surface area contributed by atoms with E-state index in [9.17, 15) is 14.4 Å². The predicted octanol–water partition coefficient (Wildman–Crippen LogP) is 3.78. The summed E-state index contributed by atoms with van der Waals surface area (Å²) in [6.07, 6.45) is 3.38. The molecule has 0 bridgehead atoms. The Morgan fingerprint density at radius 2 is 1.86 bits per heavy atom. The van der Waals surface area contributed by atoms with Gasteiger partial charge in [-0.15, -0.1) is 11.8 Å². The first-order valence-electron chi connectivity index (χ1n) is 9.49. The Morgan fingerprint density at radius 1 is 1.07 bits per heavy atom. The van der Waals surface area contributed by atoms with Gasteiger partial charge in [0, 0.05) is 10.6 Å². The van der Waals surface area contributed by atoms with E-state index in [1.165, 1.54) is 29.3 Å². The molecular weight excluding hydrogens is 388 g/mol. The smallest absolute Gasteiger partial charge is 0.325 e. The number of imide groups is 1. The molecule has 0 saturated heterocycles. The molecule has 0 fully saturated rings. The number of fused-ring (bicyclic) bond motifs is 1. The first-order valence-corrected chi connectivity index (χ1v) is 10.5. The largest absolute Gasteiger partial charge is 0.455 e. The van der Waals surface area contributed by atoms with Crippen LogP contribution < -0.4 is 10.6 Å². The lowest BCUT2D eigenvalue weighted by molar-refractivity contribution is -0.145. The number of urea groups is 1. The van der Waals surface area contributed by atoms with Crippen molar-refractivity contribution in [2.75, 3.05) is 17.7 Å². The number of thioether (sulfide) groups is 1.